The van der Waals surface area contributed by atoms with Gasteiger partial charge in [0.05, 0.1) is 6.61 Å². The highest BCUT2D eigenvalue weighted by molar-refractivity contribution is 5.76. The molecule has 2 aliphatic heterocycles. The van der Waals surface area contributed by atoms with Crippen LogP contribution in [-0.2, 0) is 19.4 Å². The number of rotatable bonds is 1. The first-order valence-electron chi connectivity index (χ1n) is 7.50. The molecule has 0 aromatic heterocycles. The Kier molecular flexibility index (Phi) is 2.96. The topological polar surface area (TPSA) is 21.3 Å². The summed E-state index contributed by atoms with van der Waals surface area (Å²) >= 11 is 0. The minimum Gasteiger partial charge on any atom is -0.493 e. The summed E-state index contributed by atoms with van der Waals surface area (Å²) in [5.41, 5.74) is 6.89. The maximum Gasteiger partial charge on any atom is 0.130 e. The SMILES string of the molecule is c1cc2c(c(-c3cccc4c3OCCC4)c1)CNCC2. The van der Waals surface area contributed by atoms with Gasteiger partial charge < -0.3 is 10.1 Å². The van der Waals surface area contributed by atoms with Crippen molar-refractivity contribution in [2.24, 2.45) is 0 Å². The highest BCUT2D eigenvalue weighted by Crippen LogP contribution is 2.38. The number of para-hydroxylation sites is 1. The summed E-state index contributed by atoms with van der Waals surface area (Å²) in [7, 11) is 0. The van der Waals surface area contributed by atoms with E-state index in [1.807, 2.05) is 0 Å². The Hall–Kier alpha value is -1.80. The first kappa shape index (κ1) is 12.0. The van der Waals surface area contributed by atoms with E-state index in [1.54, 1.807) is 0 Å². The Balaban J connectivity index is 1.90. The van der Waals surface area contributed by atoms with Crippen molar-refractivity contribution in [2.45, 2.75) is 25.8 Å². The Morgan fingerprint density at radius 1 is 0.900 bits per heavy atom. The number of ether oxygens (including phenoxy) is 1. The van der Waals surface area contributed by atoms with Crippen LogP contribution in [0.15, 0.2) is 36.4 Å². The fraction of sp³-hybridized carbons (Fsp3) is 0.333. The van der Waals surface area contributed by atoms with Gasteiger partial charge in [-0.25, -0.2) is 0 Å². The number of fused-ring (bicyclic) bond motifs is 2. The van der Waals surface area contributed by atoms with Crippen LogP contribution in [0, 0.1) is 0 Å². The number of hydrogen-bond donors (Lipinski definition) is 1. The molecule has 20 heavy (non-hydrogen) atoms. The van der Waals surface area contributed by atoms with Gasteiger partial charge in [-0.2, -0.15) is 0 Å². The third kappa shape index (κ3) is 1.92. The predicted octanol–water partition coefficient (Wildman–Crippen LogP) is 3.32. The van der Waals surface area contributed by atoms with Crippen LogP contribution < -0.4 is 10.1 Å². The van der Waals surface area contributed by atoms with Crippen molar-refractivity contribution >= 4 is 0 Å². The summed E-state index contributed by atoms with van der Waals surface area (Å²) in [6.45, 7) is 2.90. The molecule has 2 nitrogen and oxygen atoms in total. The number of benzene rings is 2. The maximum atomic E-state index is 5.98. The molecule has 0 fully saturated rings. The first-order chi connectivity index (χ1) is 9.93. The minimum absolute atomic E-state index is 0.845. The van der Waals surface area contributed by atoms with Crippen LogP contribution in [0.25, 0.3) is 11.1 Å². The van der Waals surface area contributed by atoms with E-state index in [0.717, 1.165) is 44.7 Å². The van der Waals surface area contributed by atoms with Crippen LogP contribution in [0.4, 0.5) is 0 Å². The maximum absolute atomic E-state index is 5.98. The van der Waals surface area contributed by atoms with Crippen molar-refractivity contribution < 1.29 is 4.74 Å². The molecule has 2 aliphatic rings. The highest BCUT2D eigenvalue weighted by atomic mass is 16.5. The predicted molar refractivity (Wildman–Crippen MR) is 81.1 cm³/mol. The van der Waals surface area contributed by atoms with Crippen molar-refractivity contribution in [2.75, 3.05) is 13.2 Å². The molecular formula is C18H19NO. The third-order valence-electron chi connectivity index (χ3n) is 4.37. The van der Waals surface area contributed by atoms with E-state index < -0.39 is 0 Å². The zero-order valence-corrected chi connectivity index (χ0v) is 11.6. The van der Waals surface area contributed by atoms with Crippen LogP contribution in [0.1, 0.15) is 23.1 Å². The van der Waals surface area contributed by atoms with Gasteiger partial charge >= 0.3 is 0 Å². The fourth-order valence-corrected chi connectivity index (χ4v) is 3.37. The van der Waals surface area contributed by atoms with E-state index in [2.05, 4.69) is 41.7 Å². The van der Waals surface area contributed by atoms with Crippen LogP contribution >= 0.6 is 0 Å². The van der Waals surface area contributed by atoms with Crippen LogP contribution in [0.3, 0.4) is 0 Å². The number of aryl methyl sites for hydroxylation is 1. The molecular weight excluding hydrogens is 246 g/mol. The fourth-order valence-electron chi connectivity index (χ4n) is 3.37. The molecule has 0 bridgehead atoms. The minimum atomic E-state index is 0.845. The summed E-state index contributed by atoms with van der Waals surface area (Å²) in [5.74, 6) is 1.11. The Morgan fingerprint density at radius 3 is 2.70 bits per heavy atom. The Bertz CT molecular complexity index is 590. The molecule has 0 radical (unpaired) electrons. The molecule has 0 saturated carbocycles. The lowest BCUT2D eigenvalue weighted by molar-refractivity contribution is 0.289. The van der Waals surface area contributed by atoms with Crippen LogP contribution in [-0.4, -0.2) is 13.2 Å². The summed E-state index contributed by atoms with van der Waals surface area (Å²) in [6.07, 6.45) is 3.39. The molecule has 2 heteroatoms. The number of nitrogens with one attached hydrogen (secondary N) is 1. The smallest absolute Gasteiger partial charge is 0.130 e. The molecule has 2 aromatic carbocycles. The van der Waals surface area contributed by atoms with E-state index in [1.165, 1.54) is 27.8 Å². The first-order valence-corrected chi connectivity index (χ1v) is 7.50. The molecule has 0 amide bonds. The molecule has 0 saturated heterocycles. The highest BCUT2D eigenvalue weighted by Gasteiger charge is 2.19. The lowest BCUT2D eigenvalue weighted by atomic mass is 9.90. The van der Waals surface area contributed by atoms with Gasteiger partial charge in [0, 0.05) is 12.1 Å². The summed E-state index contributed by atoms with van der Waals surface area (Å²) in [5, 5.41) is 3.49. The lowest BCUT2D eigenvalue weighted by Crippen LogP contribution is -2.24. The normalized spacial score (nSPS) is 17.0. The Labute approximate surface area is 119 Å². The van der Waals surface area contributed by atoms with Gasteiger partial charge in [0.2, 0.25) is 0 Å². The molecule has 4 rings (SSSR count). The molecule has 0 unspecified atom stereocenters. The van der Waals surface area contributed by atoms with E-state index >= 15 is 0 Å². The van der Waals surface area contributed by atoms with Gasteiger partial charge in [0.15, 0.2) is 0 Å². The average Bonchev–Trinajstić information content (AvgIpc) is 2.54. The summed E-state index contributed by atoms with van der Waals surface area (Å²) in [4.78, 5) is 0. The van der Waals surface area contributed by atoms with E-state index in [4.69, 9.17) is 4.74 Å². The average molecular weight is 265 g/mol. The van der Waals surface area contributed by atoms with Gasteiger partial charge in [0.25, 0.3) is 0 Å². The second-order valence-corrected chi connectivity index (χ2v) is 5.62. The zero-order valence-electron chi connectivity index (χ0n) is 11.6. The number of hydrogen-bond acceptors (Lipinski definition) is 2. The largest absolute Gasteiger partial charge is 0.493 e. The molecule has 0 atom stereocenters. The summed E-state index contributed by atoms with van der Waals surface area (Å²) in [6, 6.07) is 13.2. The van der Waals surface area contributed by atoms with E-state index in [0.29, 0.717) is 0 Å². The molecule has 2 heterocycles. The van der Waals surface area contributed by atoms with Crippen molar-refractivity contribution in [1.82, 2.24) is 5.32 Å². The van der Waals surface area contributed by atoms with Gasteiger partial charge in [-0.05, 0) is 48.1 Å². The van der Waals surface area contributed by atoms with E-state index in [-0.39, 0.29) is 0 Å². The second kappa shape index (κ2) is 4.95. The molecule has 0 spiro atoms. The summed E-state index contributed by atoms with van der Waals surface area (Å²) < 4.78 is 5.98. The second-order valence-electron chi connectivity index (χ2n) is 5.62. The molecule has 102 valence electrons. The zero-order chi connectivity index (χ0) is 13.4. The van der Waals surface area contributed by atoms with Crippen molar-refractivity contribution in [3.63, 3.8) is 0 Å². The van der Waals surface area contributed by atoms with Crippen molar-refractivity contribution in [3.8, 4) is 16.9 Å². The molecule has 0 aliphatic carbocycles. The van der Waals surface area contributed by atoms with Crippen LogP contribution in [0.5, 0.6) is 5.75 Å². The third-order valence-corrected chi connectivity index (χ3v) is 4.37. The Morgan fingerprint density at radius 2 is 1.75 bits per heavy atom. The lowest BCUT2D eigenvalue weighted by Gasteiger charge is -2.24. The van der Waals surface area contributed by atoms with Crippen LogP contribution in [0.2, 0.25) is 0 Å². The van der Waals surface area contributed by atoms with Gasteiger partial charge in [-0.3, -0.25) is 0 Å². The molecule has 1 N–H and O–H groups in total. The van der Waals surface area contributed by atoms with Crippen molar-refractivity contribution in [3.05, 3.63) is 53.1 Å². The monoisotopic (exact) mass is 265 g/mol. The van der Waals surface area contributed by atoms with Gasteiger partial charge in [-0.15, -0.1) is 0 Å². The van der Waals surface area contributed by atoms with E-state index in [9.17, 15) is 0 Å². The van der Waals surface area contributed by atoms with Gasteiger partial charge in [-0.1, -0.05) is 36.4 Å². The standard InChI is InChI=1S/C18H19NO/c1-4-13-9-10-19-12-17(13)15(7-1)16-8-2-5-14-6-3-11-20-18(14)16/h1-2,4-5,7-8,19H,3,6,9-12H2. The van der Waals surface area contributed by atoms with Gasteiger partial charge in [0.1, 0.15) is 5.75 Å². The van der Waals surface area contributed by atoms with Crippen molar-refractivity contribution in [1.29, 1.82) is 0 Å². The molecule has 2 aromatic rings. The quantitative estimate of drug-likeness (QED) is 0.854.